The number of hydrogen-bond acceptors (Lipinski definition) is 5. The first-order valence-electron chi connectivity index (χ1n) is 8.83. The third-order valence-electron chi connectivity index (χ3n) is 4.80. The predicted molar refractivity (Wildman–Crippen MR) is 109 cm³/mol. The standard InChI is InChI=1S/C20H19ClN2O4S/c1-26-15-5-3-14(4-6-15)22-19(24)16-10-28-11-23(16)20(25)18-9-12-8-13(21)2-7-17(12)27-18/h2-8,16,18H,9-11H2,1H3,(H,22,24). The lowest BCUT2D eigenvalue weighted by Gasteiger charge is -2.25. The molecule has 1 saturated heterocycles. The van der Waals surface area contributed by atoms with Crippen LogP contribution in [-0.4, -0.2) is 47.6 Å². The molecule has 0 aromatic heterocycles. The number of carbonyl (C=O) groups is 2. The van der Waals surface area contributed by atoms with Crippen molar-refractivity contribution in [2.75, 3.05) is 24.1 Å². The monoisotopic (exact) mass is 418 g/mol. The van der Waals surface area contributed by atoms with Crippen molar-refractivity contribution in [1.29, 1.82) is 0 Å². The topological polar surface area (TPSA) is 67.9 Å². The maximum atomic E-state index is 13.0. The molecule has 2 aromatic carbocycles. The molecule has 2 unspecified atom stereocenters. The summed E-state index contributed by atoms with van der Waals surface area (Å²) in [6.07, 6.45) is -0.161. The summed E-state index contributed by atoms with van der Waals surface area (Å²) >= 11 is 7.58. The second-order valence-corrected chi connectivity index (χ2v) is 8.04. The van der Waals surface area contributed by atoms with Gasteiger partial charge in [0.2, 0.25) is 5.91 Å². The third kappa shape index (κ3) is 3.77. The number of fused-ring (bicyclic) bond motifs is 1. The fraction of sp³-hybridized carbons (Fsp3) is 0.300. The molecule has 6 nitrogen and oxygen atoms in total. The number of nitrogens with zero attached hydrogens (tertiary/aromatic N) is 1. The lowest BCUT2D eigenvalue weighted by Crippen LogP contribution is -2.49. The van der Waals surface area contributed by atoms with Crippen LogP contribution in [-0.2, 0) is 16.0 Å². The summed E-state index contributed by atoms with van der Waals surface area (Å²) in [5.41, 5.74) is 1.58. The van der Waals surface area contributed by atoms with Crippen molar-refractivity contribution in [1.82, 2.24) is 4.90 Å². The molecule has 1 fully saturated rings. The number of thioether (sulfide) groups is 1. The smallest absolute Gasteiger partial charge is 0.265 e. The van der Waals surface area contributed by atoms with Gasteiger partial charge in [-0.1, -0.05) is 11.6 Å². The summed E-state index contributed by atoms with van der Waals surface area (Å²) < 4.78 is 10.9. The van der Waals surface area contributed by atoms with Crippen LogP contribution in [0.1, 0.15) is 5.56 Å². The first-order chi connectivity index (χ1) is 13.5. The van der Waals surface area contributed by atoms with Gasteiger partial charge in [0.1, 0.15) is 17.5 Å². The van der Waals surface area contributed by atoms with Gasteiger partial charge in [-0.25, -0.2) is 0 Å². The molecule has 0 radical (unpaired) electrons. The highest BCUT2D eigenvalue weighted by atomic mass is 35.5. The molecule has 28 heavy (non-hydrogen) atoms. The quantitative estimate of drug-likeness (QED) is 0.825. The summed E-state index contributed by atoms with van der Waals surface area (Å²) in [6, 6.07) is 11.9. The average molecular weight is 419 g/mol. The first kappa shape index (κ1) is 19.0. The lowest BCUT2D eigenvalue weighted by atomic mass is 10.1. The Kier molecular flexibility index (Phi) is 5.37. The second kappa shape index (κ2) is 7.93. The number of nitrogens with one attached hydrogen (secondary N) is 1. The van der Waals surface area contributed by atoms with E-state index < -0.39 is 12.1 Å². The van der Waals surface area contributed by atoms with E-state index in [1.807, 2.05) is 6.07 Å². The zero-order valence-corrected chi connectivity index (χ0v) is 16.8. The molecule has 2 amide bonds. The lowest BCUT2D eigenvalue weighted by molar-refractivity contribution is -0.141. The van der Waals surface area contributed by atoms with Crippen LogP contribution in [0.15, 0.2) is 42.5 Å². The summed E-state index contributed by atoms with van der Waals surface area (Å²) in [5, 5.41) is 3.49. The number of halogens is 1. The molecule has 0 aliphatic carbocycles. The first-order valence-corrected chi connectivity index (χ1v) is 10.4. The van der Waals surface area contributed by atoms with Gasteiger partial charge >= 0.3 is 0 Å². The Bertz CT molecular complexity index is 906. The number of rotatable bonds is 4. The van der Waals surface area contributed by atoms with Gasteiger partial charge in [-0.15, -0.1) is 11.8 Å². The van der Waals surface area contributed by atoms with Gasteiger partial charge in [0.05, 0.1) is 13.0 Å². The molecule has 0 saturated carbocycles. The van der Waals surface area contributed by atoms with Crippen LogP contribution in [0.4, 0.5) is 5.69 Å². The molecule has 1 N–H and O–H groups in total. The van der Waals surface area contributed by atoms with Crippen molar-refractivity contribution in [3.63, 3.8) is 0 Å². The van der Waals surface area contributed by atoms with Crippen molar-refractivity contribution in [3.8, 4) is 11.5 Å². The minimum Gasteiger partial charge on any atom is -0.497 e. The largest absolute Gasteiger partial charge is 0.497 e. The molecule has 2 aliphatic heterocycles. The molecule has 0 bridgehead atoms. The van der Waals surface area contributed by atoms with Crippen LogP contribution in [0.2, 0.25) is 5.02 Å². The van der Waals surface area contributed by atoms with E-state index in [1.165, 1.54) is 0 Å². The third-order valence-corrected chi connectivity index (χ3v) is 6.05. The SMILES string of the molecule is COc1ccc(NC(=O)C2CSCN2C(=O)C2Cc3cc(Cl)ccc3O2)cc1. The predicted octanol–water partition coefficient (Wildman–Crippen LogP) is 3.19. The average Bonchev–Trinajstić information content (AvgIpc) is 3.34. The number of ether oxygens (including phenoxy) is 2. The number of methoxy groups -OCH3 is 1. The molecular formula is C20H19ClN2O4S. The number of anilines is 1. The van der Waals surface area contributed by atoms with E-state index in [9.17, 15) is 9.59 Å². The minimum absolute atomic E-state index is 0.174. The van der Waals surface area contributed by atoms with Crippen molar-refractivity contribution in [2.45, 2.75) is 18.6 Å². The summed E-state index contributed by atoms with van der Waals surface area (Å²) in [7, 11) is 1.59. The Morgan fingerprint density at radius 1 is 1.25 bits per heavy atom. The van der Waals surface area contributed by atoms with Crippen LogP contribution < -0.4 is 14.8 Å². The zero-order chi connectivity index (χ0) is 19.7. The van der Waals surface area contributed by atoms with Gasteiger partial charge in [-0.2, -0.15) is 0 Å². The maximum Gasteiger partial charge on any atom is 0.265 e. The zero-order valence-electron chi connectivity index (χ0n) is 15.2. The van der Waals surface area contributed by atoms with Crippen molar-refractivity contribution in [3.05, 3.63) is 53.1 Å². The van der Waals surface area contributed by atoms with E-state index in [2.05, 4.69) is 5.32 Å². The fourth-order valence-electron chi connectivity index (χ4n) is 3.32. The molecule has 146 valence electrons. The summed E-state index contributed by atoms with van der Waals surface area (Å²) in [4.78, 5) is 27.4. The molecule has 2 aliphatic rings. The maximum absolute atomic E-state index is 13.0. The van der Waals surface area contributed by atoms with Crippen molar-refractivity contribution in [2.24, 2.45) is 0 Å². The minimum atomic E-state index is -0.622. The normalized spacial score (nSPS) is 20.4. The van der Waals surface area contributed by atoms with Crippen LogP contribution >= 0.6 is 23.4 Å². The Hall–Kier alpha value is -2.38. The van der Waals surface area contributed by atoms with Crippen molar-refractivity contribution < 1.29 is 19.1 Å². The Balaban J connectivity index is 1.42. The van der Waals surface area contributed by atoms with Crippen LogP contribution in [0.3, 0.4) is 0 Å². The van der Waals surface area contributed by atoms with E-state index in [0.29, 0.717) is 40.3 Å². The number of benzene rings is 2. The van der Waals surface area contributed by atoms with Crippen LogP contribution in [0.5, 0.6) is 11.5 Å². The van der Waals surface area contributed by atoms with Crippen LogP contribution in [0, 0.1) is 0 Å². The van der Waals surface area contributed by atoms with Crippen LogP contribution in [0.25, 0.3) is 0 Å². The molecule has 8 heteroatoms. The highest BCUT2D eigenvalue weighted by Gasteiger charge is 2.40. The highest BCUT2D eigenvalue weighted by molar-refractivity contribution is 7.99. The number of amides is 2. The highest BCUT2D eigenvalue weighted by Crippen LogP contribution is 2.33. The Morgan fingerprint density at radius 2 is 2.04 bits per heavy atom. The molecule has 2 aromatic rings. The van der Waals surface area contributed by atoms with Gasteiger partial charge in [0.25, 0.3) is 5.91 Å². The van der Waals surface area contributed by atoms with E-state index in [1.54, 1.807) is 60.2 Å². The molecule has 4 rings (SSSR count). The molecule has 0 spiro atoms. The van der Waals surface area contributed by atoms with Gasteiger partial charge < -0.3 is 19.7 Å². The number of carbonyl (C=O) groups excluding carboxylic acids is 2. The van der Waals surface area contributed by atoms with E-state index in [-0.39, 0.29) is 11.8 Å². The molecular weight excluding hydrogens is 400 g/mol. The van der Waals surface area contributed by atoms with E-state index in [0.717, 1.165) is 5.56 Å². The molecule has 2 atom stereocenters. The van der Waals surface area contributed by atoms with E-state index >= 15 is 0 Å². The molecule has 2 heterocycles. The Morgan fingerprint density at radius 3 is 2.79 bits per heavy atom. The van der Waals surface area contributed by atoms with Crippen molar-refractivity contribution >= 4 is 40.9 Å². The van der Waals surface area contributed by atoms with Gasteiger partial charge in [-0.05, 0) is 48.0 Å². The second-order valence-electron chi connectivity index (χ2n) is 6.60. The Labute approximate surface area is 172 Å². The summed E-state index contributed by atoms with van der Waals surface area (Å²) in [6.45, 7) is 0. The van der Waals surface area contributed by atoms with E-state index in [4.69, 9.17) is 21.1 Å². The number of hydrogen-bond donors (Lipinski definition) is 1. The van der Waals surface area contributed by atoms with Gasteiger partial charge in [0, 0.05) is 22.9 Å². The van der Waals surface area contributed by atoms with Gasteiger partial charge in [0.15, 0.2) is 6.10 Å². The van der Waals surface area contributed by atoms with Gasteiger partial charge in [-0.3, -0.25) is 9.59 Å². The summed E-state index contributed by atoms with van der Waals surface area (Å²) in [5.74, 6) is 2.03. The fourth-order valence-corrected chi connectivity index (χ4v) is 4.68.